The van der Waals surface area contributed by atoms with E-state index in [0.29, 0.717) is 0 Å². The standard InChI is InChI=1S/C11H25N3/c1-3-7-12-11-5-9-14(10-6-11)13-8-4-2/h11-13H,3-10H2,1-2H3/q+1. The largest absolute Gasteiger partial charge is 0.314 e. The summed E-state index contributed by atoms with van der Waals surface area (Å²) < 4.78 is 0. The molecule has 1 radical (unpaired) electrons. The molecule has 0 aliphatic carbocycles. The van der Waals surface area contributed by atoms with Gasteiger partial charge in [-0.1, -0.05) is 18.9 Å². The van der Waals surface area contributed by atoms with Gasteiger partial charge in [-0.15, -0.1) is 5.43 Å². The highest BCUT2D eigenvalue weighted by Gasteiger charge is 2.25. The Labute approximate surface area is 88.2 Å². The van der Waals surface area contributed by atoms with Crippen LogP contribution in [0.25, 0.3) is 0 Å². The molecule has 3 heteroatoms. The third-order valence-corrected chi connectivity index (χ3v) is 2.76. The fourth-order valence-electron chi connectivity index (χ4n) is 1.86. The summed E-state index contributed by atoms with van der Waals surface area (Å²) in [5.74, 6) is 0. The Hall–Kier alpha value is -0.120. The molecular formula is C11H25N3+. The molecule has 0 aromatic heterocycles. The van der Waals surface area contributed by atoms with Gasteiger partial charge in [0.05, 0.1) is 0 Å². The first-order chi connectivity index (χ1) is 6.86. The smallest absolute Gasteiger partial charge is 0.146 e. The van der Waals surface area contributed by atoms with Crippen LogP contribution in [-0.4, -0.2) is 32.2 Å². The molecule has 0 aromatic carbocycles. The maximum atomic E-state index is 3.59. The Bertz CT molecular complexity index is 114. The van der Waals surface area contributed by atoms with Gasteiger partial charge in [-0.3, -0.25) is 0 Å². The second-order valence-corrected chi connectivity index (χ2v) is 4.12. The van der Waals surface area contributed by atoms with E-state index in [2.05, 4.69) is 29.6 Å². The molecule has 1 rings (SSSR count). The Balaban J connectivity index is 2.05. The second-order valence-electron chi connectivity index (χ2n) is 4.12. The molecule has 3 nitrogen and oxygen atoms in total. The number of nitrogens with zero attached hydrogens (tertiary/aromatic N) is 1. The summed E-state index contributed by atoms with van der Waals surface area (Å²) in [5.41, 5.74) is 3.45. The minimum absolute atomic E-state index is 0.759. The molecule has 1 fully saturated rings. The highest BCUT2D eigenvalue weighted by Crippen LogP contribution is 2.06. The van der Waals surface area contributed by atoms with Crippen molar-refractivity contribution in [3.63, 3.8) is 0 Å². The van der Waals surface area contributed by atoms with E-state index in [1.165, 1.54) is 45.3 Å². The SMILES string of the molecule is CCCNC1CC[N+](NCCC)CC1. The first-order valence-corrected chi connectivity index (χ1v) is 6.08. The predicted octanol–water partition coefficient (Wildman–Crippen LogP) is 1.20. The lowest BCUT2D eigenvalue weighted by Gasteiger charge is -2.24. The van der Waals surface area contributed by atoms with Crippen LogP contribution in [0.2, 0.25) is 0 Å². The van der Waals surface area contributed by atoms with E-state index >= 15 is 0 Å². The van der Waals surface area contributed by atoms with E-state index in [0.717, 1.165) is 12.6 Å². The third kappa shape index (κ3) is 4.40. The van der Waals surface area contributed by atoms with Gasteiger partial charge < -0.3 is 5.32 Å². The second kappa shape index (κ2) is 7.21. The number of hydrogen-bond donors (Lipinski definition) is 2. The minimum atomic E-state index is 0.759. The normalized spacial score (nSPS) is 20.1. The van der Waals surface area contributed by atoms with Crippen LogP contribution < -0.4 is 15.8 Å². The summed E-state index contributed by atoms with van der Waals surface area (Å²) in [6.07, 6.45) is 5.04. The molecule has 2 N–H and O–H groups in total. The minimum Gasteiger partial charge on any atom is -0.314 e. The lowest BCUT2D eigenvalue weighted by Crippen LogP contribution is -2.52. The fraction of sp³-hybridized carbons (Fsp3) is 1.00. The van der Waals surface area contributed by atoms with Gasteiger partial charge >= 0.3 is 0 Å². The van der Waals surface area contributed by atoms with Gasteiger partial charge in [-0.05, 0) is 19.4 Å². The van der Waals surface area contributed by atoms with Crippen molar-refractivity contribution in [2.75, 3.05) is 26.2 Å². The van der Waals surface area contributed by atoms with E-state index < -0.39 is 0 Å². The summed E-state index contributed by atoms with van der Waals surface area (Å²) in [6.45, 7) is 9.12. The van der Waals surface area contributed by atoms with Gasteiger partial charge in [0, 0.05) is 25.4 Å². The Kier molecular flexibility index (Phi) is 6.15. The Morgan fingerprint density at radius 2 is 1.71 bits per heavy atom. The van der Waals surface area contributed by atoms with Crippen molar-refractivity contribution < 1.29 is 0 Å². The molecule has 0 amide bonds. The molecule has 1 saturated heterocycles. The van der Waals surface area contributed by atoms with E-state index in [1.807, 2.05) is 0 Å². The molecule has 83 valence electrons. The number of hydrazine groups is 1. The van der Waals surface area contributed by atoms with Crippen LogP contribution in [0, 0.1) is 0 Å². The molecule has 14 heavy (non-hydrogen) atoms. The van der Waals surface area contributed by atoms with Crippen LogP contribution in [-0.2, 0) is 0 Å². The molecule has 0 aromatic rings. The van der Waals surface area contributed by atoms with Crippen molar-refractivity contribution in [1.29, 1.82) is 0 Å². The van der Waals surface area contributed by atoms with Crippen LogP contribution in [0.4, 0.5) is 0 Å². The van der Waals surface area contributed by atoms with Crippen LogP contribution in [0.3, 0.4) is 0 Å². The van der Waals surface area contributed by atoms with E-state index in [1.54, 1.807) is 0 Å². The van der Waals surface area contributed by atoms with Gasteiger partial charge in [-0.2, -0.15) is 0 Å². The van der Waals surface area contributed by atoms with Crippen LogP contribution >= 0.6 is 0 Å². The summed E-state index contributed by atoms with van der Waals surface area (Å²) in [6, 6.07) is 0.759. The molecule has 0 saturated carbocycles. The first-order valence-electron chi connectivity index (χ1n) is 6.08. The summed E-state index contributed by atoms with van der Waals surface area (Å²) in [4.78, 5) is 0. The molecular weight excluding hydrogens is 174 g/mol. The number of piperidine rings is 1. The van der Waals surface area contributed by atoms with E-state index in [4.69, 9.17) is 0 Å². The van der Waals surface area contributed by atoms with Crippen molar-refractivity contribution in [1.82, 2.24) is 15.8 Å². The molecule has 0 spiro atoms. The highest BCUT2D eigenvalue weighted by atomic mass is 15.5. The van der Waals surface area contributed by atoms with E-state index in [-0.39, 0.29) is 0 Å². The zero-order chi connectivity index (χ0) is 10.2. The summed E-state index contributed by atoms with van der Waals surface area (Å²) in [7, 11) is 0. The van der Waals surface area contributed by atoms with Gasteiger partial charge in [0.15, 0.2) is 0 Å². The molecule has 1 heterocycles. The van der Waals surface area contributed by atoms with E-state index in [9.17, 15) is 0 Å². The van der Waals surface area contributed by atoms with Crippen LogP contribution in [0.15, 0.2) is 0 Å². The Morgan fingerprint density at radius 1 is 1.07 bits per heavy atom. The summed E-state index contributed by atoms with van der Waals surface area (Å²) in [5, 5.41) is 5.96. The third-order valence-electron chi connectivity index (χ3n) is 2.76. The number of hydrogen-bond acceptors (Lipinski definition) is 3. The topological polar surface area (TPSA) is 30.0 Å². The first kappa shape index (κ1) is 12.0. The average Bonchev–Trinajstić information content (AvgIpc) is 2.25. The zero-order valence-corrected chi connectivity index (χ0v) is 9.68. The average molecular weight is 199 g/mol. The zero-order valence-electron chi connectivity index (χ0n) is 9.68. The summed E-state index contributed by atoms with van der Waals surface area (Å²) >= 11 is 0. The van der Waals surface area contributed by atoms with Gasteiger partial charge in [-0.25, -0.2) is 0 Å². The van der Waals surface area contributed by atoms with Gasteiger partial charge in [0.25, 0.3) is 0 Å². The Morgan fingerprint density at radius 3 is 2.29 bits per heavy atom. The molecule has 1 aliphatic heterocycles. The fourth-order valence-corrected chi connectivity index (χ4v) is 1.86. The highest BCUT2D eigenvalue weighted by molar-refractivity contribution is 4.77. The molecule has 0 bridgehead atoms. The predicted molar refractivity (Wildman–Crippen MR) is 61.5 cm³/mol. The quantitative estimate of drug-likeness (QED) is 0.630. The van der Waals surface area contributed by atoms with Crippen molar-refractivity contribution in [3.8, 4) is 0 Å². The maximum absolute atomic E-state index is 3.59. The van der Waals surface area contributed by atoms with Crippen molar-refractivity contribution in [3.05, 3.63) is 0 Å². The number of nitrogens with one attached hydrogen (secondary N) is 2. The van der Waals surface area contributed by atoms with Gasteiger partial charge in [0.2, 0.25) is 0 Å². The molecule has 0 atom stereocenters. The maximum Gasteiger partial charge on any atom is 0.146 e. The lowest BCUT2D eigenvalue weighted by atomic mass is 10.1. The van der Waals surface area contributed by atoms with Crippen molar-refractivity contribution >= 4 is 0 Å². The number of rotatable bonds is 6. The lowest BCUT2D eigenvalue weighted by molar-refractivity contribution is 0.233. The van der Waals surface area contributed by atoms with Gasteiger partial charge in [0.1, 0.15) is 13.1 Å². The van der Waals surface area contributed by atoms with Crippen molar-refractivity contribution in [2.24, 2.45) is 0 Å². The van der Waals surface area contributed by atoms with Crippen LogP contribution in [0.1, 0.15) is 39.5 Å². The monoisotopic (exact) mass is 199 g/mol. The van der Waals surface area contributed by atoms with Crippen LogP contribution in [0.5, 0.6) is 0 Å². The van der Waals surface area contributed by atoms with Crippen molar-refractivity contribution in [2.45, 2.75) is 45.6 Å². The molecule has 1 aliphatic rings. The molecule has 0 unspecified atom stereocenters.